The van der Waals surface area contributed by atoms with Gasteiger partial charge in [0.05, 0.1) is 26.4 Å². The lowest BCUT2D eigenvalue weighted by molar-refractivity contribution is -0.161. The fourth-order valence-corrected chi connectivity index (χ4v) is 13.2. The summed E-state index contributed by atoms with van der Waals surface area (Å²) < 4.78 is 61.4. The molecule has 0 aromatic rings. The Morgan fingerprint density at radius 1 is 0.261 bits per heavy atom. The summed E-state index contributed by atoms with van der Waals surface area (Å²) in [4.78, 5) is 58.9. The summed E-state index contributed by atoms with van der Waals surface area (Å²) in [5.74, 6) is -1.59. The number of phosphoric acid groups is 2. The number of aliphatic hydroxyl groups is 2. The van der Waals surface area contributed by atoms with E-state index in [4.69, 9.17) is 32.3 Å². The van der Waals surface area contributed by atoms with E-state index in [0.717, 1.165) is 173 Å². The molecule has 0 heterocycles. The molecule has 0 aliphatic rings. The van der Waals surface area contributed by atoms with Crippen LogP contribution in [0, 0.1) is 0 Å². The molecule has 636 valence electrons. The minimum atomic E-state index is -4.95. The summed E-state index contributed by atoms with van der Waals surface area (Å²) in [6.45, 7) is 2.44. The summed E-state index contributed by atoms with van der Waals surface area (Å²) in [5, 5.41) is 20.7. The number of ether oxygens (including phenoxy) is 3. The van der Waals surface area contributed by atoms with Crippen molar-refractivity contribution < 1.29 is 75.8 Å². The number of phosphoric ester groups is 2. The van der Waals surface area contributed by atoms with Crippen LogP contribution in [0.3, 0.4) is 0 Å². The first kappa shape index (κ1) is 106. The maximum absolute atomic E-state index is 13.0. The van der Waals surface area contributed by atoms with Crippen LogP contribution in [0.25, 0.3) is 0 Å². The van der Waals surface area contributed by atoms with Crippen molar-refractivity contribution in [3.05, 3.63) is 158 Å². The Bertz CT molecular complexity index is 2650. The largest absolute Gasteiger partial charge is 0.472 e. The Labute approximate surface area is 676 Å². The van der Waals surface area contributed by atoms with Crippen molar-refractivity contribution in [2.24, 2.45) is 0 Å². The van der Waals surface area contributed by atoms with Gasteiger partial charge < -0.3 is 34.2 Å². The van der Waals surface area contributed by atoms with Crippen LogP contribution in [0.4, 0.5) is 0 Å². The quantitative estimate of drug-likeness (QED) is 0.0146. The number of unbranched alkanes of at least 4 members (excludes halogenated alkanes) is 33. The highest BCUT2D eigenvalue weighted by atomic mass is 31.2. The third kappa shape index (κ3) is 85.9. The van der Waals surface area contributed by atoms with E-state index in [1.807, 2.05) is 0 Å². The first-order valence-corrected chi connectivity index (χ1v) is 46.8. The zero-order chi connectivity index (χ0) is 80.8. The second kappa shape index (κ2) is 84.6. The van der Waals surface area contributed by atoms with Crippen LogP contribution in [-0.2, 0) is 55.8 Å². The third-order valence-electron chi connectivity index (χ3n) is 18.2. The molecule has 0 bridgehead atoms. The average molecular weight is 1590 g/mol. The number of carbonyl (C=O) groups is 3. The van der Waals surface area contributed by atoms with Crippen LogP contribution in [0.1, 0.15) is 355 Å². The molecule has 4 N–H and O–H groups in total. The fourth-order valence-electron chi connectivity index (χ4n) is 11.6. The highest BCUT2D eigenvalue weighted by Gasteiger charge is 2.29. The van der Waals surface area contributed by atoms with Crippen LogP contribution in [0.5, 0.6) is 0 Å². The standard InChI is InChI=1S/C93H158O16P2/c1-4-7-10-13-16-19-22-25-28-31-34-36-38-40-42-43-45-47-48-50-53-55-58-61-64-67-70-73-76-79-91(96)103-82-88(94)83-105-110(99,100)106-84-89(95)85-107-111(101,102)108-87-90(109-93(98)81-78-75-72-69-66-63-60-57-52-33-30-27-24-21-18-15-12-9-6-3)86-104-92(97)80-77-74-71-68-65-62-59-56-54-51-49-46-44-41-39-37-35-32-29-26-23-20-17-14-11-8-5-2/h8-9,11-12,16-21,25-30,34-37,40-42,44,52,57,88-90,94-95H,4-7,10,13-15,22-24,31-33,38-39,43,45-51,53-56,58-87H2,1-3H3,(H,99,100)(H,101,102)/b11-8-,12-9-,19-16-,20-17-,21-18-,28-25-,29-26-,30-27-,36-34-,37-35-,42-40-,44-41-,57-52-. The third-order valence-corrected chi connectivity index (χ3v) is 20.1. The lowest BCUT2D eigenvalue weighted by Gasteiger charge is -2.21. The van der Waals surface area contributed by atoms with Crippen molar-refractivity contribution in [1.29, 1.82) is 0 Å². The van der Waals surface area contributed by atoms with E-state index >= 15 is 0 Å². The van der Waals surface area contributed by atoms with Crippen molar-refractivity contribution >= 4 is 33.6 Å². The first-order chi connectivity index (χ1) is 54.2. The Kier molecular flexibility index (Phi) is 80.9. The molecule has 0 saturated carbocycles. The number of rotatable bonds is 82. The van der Waals surface area contributed by atoms with E-state index in [0.29, 0.717) is 19.3 Å². The Morgan fingerprint density at radius 2 is 0.477 bits per heavy atom. The second-order valence-electron chi connectivity index (χ2n) is 28.9. The van der Waals surface area contributed by atoms with Gasteiger partial charge in [-0.05, 0) is 148 Å². The van der Waals surface area contributed by atoms with Crippen molar-refractivity contribution in [3.8, 4) is 0 Å². The van der Waals surface area contributed by atoms with Gasteiger partial charge in [0.1, 0.15) is 25.4 Å². The van der Waals surface area contributed by atoms with Gasteiger partial charge in [0, 0.05) is 19.3 Å². The van der Waals surface area contributed by atoms with Crippen molar-refractivity contribution in [3.63, 3.8) is 0 Å². The average Bonchev–Trinajstić information content (AvgIpc) is 0.812. The van der Waals surface area contributed by atoms with E-state index in [1.54, 1.807) is 0 Å². The molecule has 0 aliphatic heterocycles. The Hall–Kier alpha value is -4.83. The van der Waals surface area contributed by atoms with E-state index in [1.165, 1.54) is 122 Å². The summed E-state index contributed by atoms with van der Waals surface area (Å²) >= 11 is 0. The summed E-state index contributed by atoms with van der Waals surface area (Å²) in [6, 6.07) is 0. The van der Waals surface area contributed by atoms with Gasteiger partial charge in [0.25, 0.3) is 0 Å². The highest BCUT2D eigenvalue weighted by Crippen LogP contribution is 2.45. The Morgan fingerprint density at radius 3 is 0.757 bits per heavy atom. The molecule has 0 aromatic heterocycles. The second-order valence-corrected chi connectivity index (χ2v) is 31.8. The SMILES string of the molecule is CC/C=C\C/C=C\C/C=C\C/C=C\C/C=C\CCCCCCCCCCCCCC(=O)OCC(COP(=O)(O)OCC(O)COP(=O)(O)OCC(O)COC(=O)CCCCCCCCCCCCCCC/C=C\C/C=C\C/C=C\C/C=C\CCCCC)OC(=O)CCCCCCCC/C=C\C/C=C\C/C=C\C/C=C\CC. The number of carbonyl (C=O) groups excluding carboxylic acids is 3. The molecule has 18 heteroatoms. The number of allylic oxidation sites excluding steroid dienone is 26. The van der Waals surface area contributed by atoms with Crippen LogP contribution < -0.4 is 0 Å². The monoisotopic (exact) mass is 1590 g/mol. The highest BCUT2D eigenvalue weighted by molar-refractivity contribution is 7.47. The smallest absolute Gasteiger partial charge is 0.463 e. The van der Waals surface area contributed by atoms with Gasteiger partial charge >= 0.3 is 33.6 Å². The van der Waals surface area contributed by atoms with Gasteiger partial charge in [-0.1, -0.05) is 346 Å². The van der Waals surface area contributed by atoms with E-state index in [9.17, 15) is 43.5 Å². The van der Waals surface area contributed by atoms with Gasteiger partial charge in [0.2, 0.25) is 0 Å². The minimum absolute atomic E-state index is 0.0837. The van der Waals surface area contributed by atoms with Crippen molar-refractivity contribution in [2.75, 3.05) is 39.6 Å². The first-order valence-electron chi connectivity index (χ1n) is 43.8. The van der Waals surface area contributed by atoms with Crippen LogP contribution in [0.15, 0.2) is 158 Å². The molecule has 0 spiro atoms. The van der Waals surface area contributed by atoms with E-state index in [-0.39, 0.29) is 19.3 Å². The van der Waals surface area contributed by atoms with Gasteiger partial charge in [-0.2, -0.15) is 0 Å². The number of esters is 3. The molecule has 5 unspecified atom stereocenters. The zero-order valence-corrected chi connectivity index (χ0v) is 71.6. The molecule has 0 rings (SSSR count). The fraction of sp³-hybridized carbons (Fsp3) is 0.688. The molecule has 5 atom stereocenters. The summed E-state index contributed by atoms with van der Waals surface area (Å²) in [5.41, 5.74) is 0. The zero-order valence-electron chi connectivity index (χ0n) is 69.8. The molecule has 0 aliphatic carbocycles. The normalized spacial score (nSPS) is 14.6. The van der Waals surface area contributed by atoms with Gasteiger partial charge in [-0.3, -0.25) is 32.5 Å². The number of hydrogen-bond acceptors (Lipinski definition) is 14. The molecule has 16 nitrogen and oxygen atoms in total. The summed E-state index contributed by atoms with van der Waals surface area (Å²) in [7, 11) is -9.81. The van der Waals surface area contributed by atoms with Gasteiger partial charge in [-0.15, -0.1) is 0 Å². The minimum Gasteiger partial charge on any atom is -0.463 e. The lowest BCUT2D eigenvalue weighted by atomic mass is 10.0. The van der Waals surface area contributed by atoms with E-state index in [2.05, 4.69) is 179 Å². The molecule has 0 amide bonds. The molecular weight excluding hydrogens is 1430 g/mol. The summed E-state index contributed by atoms with van der Waals surface area (Å²) in [6.07, 6.45) is 107. The van der Waals surface area contributed by atoms with Crippen LogP contribution in [-0.4, -0.2) is 95.9 Å². The van der Waals surface area contributed by atoms with E-state index < -0.39 is 91.5 Å². The molecule has 0 fully saturated rings. The Balaban J connectivity index is 4.60. The maximum atomic E-state index is 13.0. The number of hydrogen-bond donors (Lipinski definition) is 4. The molecule has 0 saturated heterocycles. The van der Waals surface area contributed by atoms with Crippen LogP contribution >= 0.6 is 15.6 Å². The predicted molar refractivity (Wildman–Crippen MR) is 463 cm³/mol. The van der Waals surface area contributed by atoms with Crippen molar-refractivity contribution in [1.82, 2.24) is 0 Å². The van der Waals surface area contributed by atoms with Gasteiger partial charge in [-0.25, -0.2) is 9.13 Å². The molecule has 111 heavy (non-hydrogen) atoms. The molecular formula is C93H158O16P2. The lowest BCUT2D eigenvalue weighted by Crippen LogP contribution is -2.30. The molecule has 0 radical (unpaired) electrons. The predicted octanol–water partition coefficient (Wildman–Crippen LogP) is 26.5. The maximum Gasteiger partial charge on any atom is 0.472 e. The number of aliphatic hydroxyl groups excluding tert-OH is 2. The molecule has 0 aromatic carbocycles. The van der Waals surface area contributed by atoms with Crippen LogP contribution in [0.2, 0.25) is 0 Å². The van der Waals surface area contributed by atoms with Gasteiger partial charge in [0.15, 0.2) is 6.10 Å². The topological polar surface area (TPSA) is 231 Å². The van der Waals surface area contributed by atoms with Crippen molar-refractivity contribution in [2.45, 2.75) is 373 Å².